The van der Waals surface area contributed by atoms with Gasteiger partial charge in [-0.1, -0.05) is 0 Å². The van der Waals surface area contributed by atoms with Crippen molar-refractivity contribution in [3.63, 3.8) is 0 Å². The summed E-state index contributed by atoms with van der Waals surface area (Å²) in [6, 6.07) is 0.437. The number of carbonyl (C=O) groups excluding carboxylic acids is 2. The largest absolute Gasteiger partial charge is 0.453 e. The maximum absolute atomic E-state index is 11.6. The van der Waals surface area contributed by atoms with Crippen LogP contribution in [0.3, 0.4) is 0 Å². The van der Waals surface area contributed by atoms with Crippen LogP contribution in [-0.2, 0) is 9.53 Å². The molecule has 0 spiro atoms. The molecule has 2 saturated heterocycles. The summed E-state index contributed by atoms with van der Waals surface area (Å²) in [6.45, 7) is 3.19. The zero-order chi connectivity index (χ0) is 12.3. The second-order valence-electron chi connectivity index (χ2n) is 4.64. The molecule has 0 aromatic carbocycles. The number of alkyl carbamates (subject to hydrolysis) is 1. The van der Waals surface area contributed by atoms with E-state index in [-0.39, 0.29) is 12.5 Å². The maximum Gasteiger partial charge on any atom is 0.413 e. The Morgan fingerprint density at radius 2 is 2.29 bits per heavy atom. The van der Waals surface area contributed by atoms with Crippen LogP contribution in [0, 0.1) is 5.92 Å². The van der Waals surface area contributed by atoms with Crippen LogP contribution in [0.1, 0.15) is 12.8 Å². The van der Waals surface area contributed by atoms with Crippen molar-refractivity contribution in [3.8, 4) is 0 Å². The number of likely N-dealkylation sites (tertiary alicyclic amines) is 1. The average Bonchev–Trinajstić information content (AvgIpc) is 2.78. The van der Waals surface area contributed by atoms with Crippen LogP contribution in [-0.4, -0.2) is 56.2 Å². The fourth-order valence-corrected chi connectivity index (χ4v) is 2.75. The summed E-state index contributed by atoms with van der Waals surface area (Å²) in [5, 5.41) is 5.55. The summed E-state index contributed by atoms with van der Waals surface area (Å²) in [7, 11) is 1.25. The molecule has 17 heavy (non-hydrogen) atoms. The van der Waals surface area contributed by atoms with E-state index >= 15 is 0 Å². The molecule has 2 rings (SSSR count). The Kier molecular flexibility index (Phi) is 3.96. The van der Waals surface area contributed by atoms with Gasteiger partial charge in [0, 0.05) is 12.6 Å². The maximum atomic E-state index is 11.6. The highest BCUT2D eigenvalue weighted by Crippen LogP contribution is 2.25. The number of methoxy groups -OCH3 is 1. The molecule has 2 aliphatic heterocycles. The second kappa shape index (κ2) is 5.46. The highest BCUT2D eigenvalue weighted by molar-refractivity contribution is 5.92. The van der Waals surface area contributed by atoms with Gasteiger partial charge in [-0.15, -0.1) is 0 Å². The number of rotatable bonds is 2. The molecule has 2 aliphatic rings. The topological polar surface area (TPSA) is 70.7 Å². The predicted octanol–water partition coefficient (Wildman–Crippen LogP) is -0.447. The standard InChI is InChI=1S/C11H19N3O3/c1-17-11(16)13-10(15)7-14-4-2-3-8-5-12-6-9(8)14/h8-9,12H,2-7H2,1H3,(H,13,15,16). The zero-order valence-corrected chi connectivity index (χ0v) is 10.1. The van der Waals surface area contributed by atoms with Crippen molar-refractivity contribution in [3.05, 3.63) is 0 Å². The number of fused-ring (bicyclic) bond motifs is 1. The summed E-state index contributed by atoms with van der Waals surface area (Å²) < 4.78 is 4.39. The fraction of sp³-hybridized carbons (Fsp3) is 0.818. The molecule has 2 fully saturated rings. The van der Waals surface area contributed by atoms with Crippen LogP contribution in [0.5, 0.6) is 0 Å². The summed E-state index contributed by atoms with van der Waals surface area (Å²) in [5.74, 6) is 0.360. The van der Waals surface area contributed by atoms with Crippen LogP contribution in [0.25, 0.3) is 0 Å². The van der Waals surface area contributed by atoms with Crippen molar-refractivity contribution in [2.24, 2.45) is 5.92 Å². The number of ether oxygens (including phenoxy) is 1. The summed E-state index contributed by atoms with van der Waals surface area (Å²) in [6.07, 6.45) is 1.66. The average molecular weight is 241 g/mol. The Labute approximate surface area is 101 Å². The number of carbonyl (C=O) groups is 2. The van der Waals surface area contributed by atoms with Crippen molar-refractivity contribution in [1.82, 2.24) is 15.5 Å². The molecule has 2 N–H and O–H groups in total. The Balaban J connectivity index is 1.85. The molecule has 0 aliphatic carbocycles. The van der Waals surface area contributed by atoms with Crippen LogP contribution in [0.4, 0.5) is 4.79 Å². The molecule has 0 aromatic rings. The first-order valence-corrected chi connectivity index (χ1v) is 6.03. The van der Waals surface area contributed by atoms with Crippen LogP contribution in [0.15, 0.2) is 0 Å². The van der Waals surface area contributed by atoms with Gasteiger partial charge in [-0.2, -0.15) is 0 Å². The van der Waals surface area contributed by atoms with Crippen LogP contribution >= 0.6 is 0 Å². The van der Waals surface area contributed by atoms with Gasteiger partial charge in [0.1, 0.15) is 0 Å². The number of hydrogen-bond donors (Lipinski definition) is 2. The molecule has 2 atom stereocenters. The lowest BCUT2D eigenvalue weighted by Crippen LogP contribution is -2.50. The lowest BCUT2D eigenvalue weighted by Gasteiger charge is -2.36. The summed E-state index contributed by atoms with van der Waals surface area (Å²) >= 11 is 0. The number of nitrogens with one attached hydrogen (secondary N) is 2. The van der Waals surface area contributed by atoms with E-state index in [1.807, 2.05) is 0 Å². The molecule has 0 saturated carbocycles. The van der Waals surface area contributed by atoms with Gasteiger partial charge in [0.25, 0.3) is 0 Å². The van der Waals surface area contributed by atoms with Gasteiger partial charge in [-0.3, -0.25) is 15.0 Å². The molecule has 6 nitrogen and oxygen atoms in total. The first-order valence-electron chi connectivity index (χ1n) is 6.03. The summed E-state index contributed by atoms with van der Waals surface area (Å²) in [5.41, 5.74) is 0. The van der Waals surface area contributed by atoms with Gasteiger partial charge >= 0.3 is 6.09 Å². The third kappa shape index (κ3) is 2.95. The number of amides is 2. The van der Waals surface area contributed by atoms with Crippen molar-refractivity contribution in [1.29, 1.82) is 0 Å². The van der Waals surface area contributed by atoms with Crippen molar-refractivity contribution in [2.45, 2.75) is 18.9 Å². The Hall–Kier alpha value is -1.14. The number of hydrogen-bond acceptors (Lipinski definition) is 5. The number of nitrogens with zero attached hydrogens (tertiary/aromatic N) is 1. The van der Waals surface area contributed by atoms with Gasteiger partial charge in [-0.05, 0) is 31.8 Å². The monoisotopic (exact) mass is 241 g/mol. The van der Waals surface area contributed by atoms with E-state index in [0.29, 0.717) is 12.0 Å². The molecule has 96 valence electrons. The first kappa shape index (κ1) is 12.3. The van der Waals surface area contributed by atoms with Crippen molar-refractivity contribution in [2.75, 3.05) is 33.3 Å². The fourth-order valence-electron chi connectivity index (χ4n) is 2.75. The third-order valence-electron chi connectivity index (χ3n) is 3.57. The predicted molar refractivity (Wildman–Crippen MR) is 61.5 cm³/mol. The van der Waals surface area contributed by atoms with Gasteiger partial charge in [0.2, 0.25) is 5.91 Å². The van der Waals surface area contributed by atoms with Gasteiger partial charge in [0.15, 0.2) is 0 Å². The highest BCUT2D eigenvalue weighted by Gasteiger charge is 2.35. The first-order chi connectivity index (χ1) is 8.20. The molecule has 2 amide bonds. The highest BCUT2D eigenvalue weighted by atomic mass is 16.5. The number of piperidine rings is 1. The third-order valence-corrected chi connectivity index (χ3v) is 3.57. The normalized spacial score (nSPS) is 28.5. The van der Waals surface area contributed by atoms with E-state index in [2.05, 4.69) is 20.3 Å². The minimum absolute atomic E-state index is 0.276. The molecular formula is C11H19N3O3. The van der Waals surface area contributed by atoms with Gasteiger partial charge in [-0.25, -0.2) is 4.79 Å². The Bertz CT molecular complexity index is 308. The molecule has 0 aromatic heterocycles. The Morgan fingerprint density at radius 1 is 1.47 bits per heavy atom. The SMILES string of the molecule is COC(=O)NC(=O)CN1CCCC2CNCC21. The molecule has 2 heterocycles. The smallest absolute Gasteiger partial charge is 0.413 e. The van der Waals surface area contributed by atoms with Crippen LogP contribution < -0.4 is 10.6 Å². The Morgan fingerprint density at radius 3 is 3.06 bits per heavy atom. The summed E-state index contributed by atoms with van der Waals surface area (Å²) in [4.78, 5) is 24.7. The van der Waals surface area contributed by atoms with Crippen molar-refractivity contribution >= 4 is 12.0 Å². The van der Waals surface area contributed by atoms with E-state index in [0.717, 1.165) is 26.1 Å². The molecular weight excluding hydrogens is 222 g/mol. The quantitative estimate of drug-likeness (QED) is 0.685. The van der Waals surface area contributed by atoms with E-state index in [9.17, 15) is 9.59 Å². The van der Waals surface area contributed by atoms with Crippen molar-refractivity contribution < 1.29 is 14.3 Å². The molecule has 2 unspecified atom stereocenters. The van der Waals surface area contributed by atoms with E-state index in [1.165, 1.54) is 13.5 Å². The zero-order valence-electron chi connectivity index (χ0n) is 10.1. The lowest BCUT2D eigenvalue weighted by molar-refractivity contribution is -0.122. The molecule has 0 radical (unpaired) electrons. The minimum atomic E-state index is -0.687. The van der Waals surface area contributed by atoms with Crippen LogP contribution in [0.2, 0.25) is 0 Å². The second-order valence-corrected chi connectivity index (χ2v) is 4.64. The lowest BCUT2D eigenvalue weighted by atomic mass is 9.92. The van der Waals surface area contributed by atoms with Gasteiger partial charge < -0.3 is 10.1 Å². The molecule has 0 bridgehead atoms. The minimum Gasteiger partial charge on any atom is -0.453 e. The van der Waals surface area contributed by atoms with E-state index in [4.69, 9.17) is 0 Å². The number of imide groups is 1. The van der Waals surface area contributed by atoms with Gasteiger partial charge in [0.05, 0.1) is 13.7 Å². The van der Waals surface area contributed by atoms with E-state index in [1.54, 1.807) is 0 Å². The van der Waals surface area contributed by atoms with E-state index < -0.39 is 6.09 Å². The molecule has 6 heteroatoms.